The number of anilines is 1. The van der Waals surface area contributed by atoms with E-state index in [-0.39, 0.29) is 5.69 Å². The molecule has 3 aromatic rings. The summed E-state index contributed by atoms with van der Waals surface area (Å²) in [6, 6.07) is 15.7. The lowest BCUT2D eigenvalue weighted by atomic mass is 10.1. The number of carbonyl (C=O) groups excluding carboxylic acids is 1. The van der Waals surface area contributed by atoms with Crippen LogP contribution in [0.2, 0.25) is 5.02 Å². The second-order valence-electron chi connectivity index (χ2n) is 5.31. The SMILES string of the molecule is O=C(NN=Cc1ccc(-c2cc([N+](=O)[O-])ccc2Cl)o1)Nc1ccccc1. The summed E-state index contributed by atoms with van der Waals surface area (Å²) in [5.41, 5.74) is 3.23. The third-order valence-corrected chi connectivity index (χ3v) is 3.77. The van der Waals surface area contributed by atoms with Crippen LogP contribution < -0.4 is 10.7 Å². The number of carbonyl (C=O) groups is 1. The fourth-order valence-corrected chi connectivity index (χ4v) is 2.43. The molecule has 0 atom stereocenters. The minimum atomic E-state index is -0.513. The van der Waals surface area contributed by atoms with Gasteiger partial charge in [-0.2, -0.15) is 5.10 Å². The van der Waals surface area contributed by atoms with Gasteiger partial charge in [-0.05, 0) is 30.3 Å². The Balaban J connectivity index is 1.66. The number of urea groups is 1. The monoisotopic (exact) mass is 384 g/mol. The van der Waals surface area contributed by atoms with Gasteiger partial charge in [-0.25, -0.2) is 10.2 Å². The Morgan fingerprint density at radius 2 is 1.93 bits per heavy atom. The number of furan rings is 1. The number of nitrogens with zero attached hydrogens (tertiary/aromatic N) is 2. The van der Waals surface area contributed by atoms with E-state index >= 15 is 0 Å². The summed E-state index contributed by atoms with van der Waals surface area (Å²) in [5, 5.41) is 17.6. The van der Waals surface area contributed by atoms with Crippen LogP contribution in [0.25, 0.3) is 11.3 Å². The summed E-state index contributed by atoms with van der Waals surface area (Å²) in [6.45, 7) is 0. The van der Waals surface area contributed by atoms with E-state index in [2.05, 4.69) is 15.8 Å². The number of nitro groups is 1. The Kier molecular flexibility index (Phi) is 5.48. The van der Waals surface area contributed by atoms with Gasteiger partial charge in [0.2, 0.25) is 0 Å². The summed E-state index contributed by atoms with van der Waals surface area (Å²) in [5.74, 6) is 0.687. The van der Waals surface area contributed by atoms with Gasteiger partial charge in [0.25, 0.3) is 5.69 Å². The summed E-state index contributed by atoms with van der Waals surface area (Å²) >= 11 is 6.09. The van der Waals surface area contributed by atoms with Crippen LogP contribution in [0.15, 0.2) is 70.2 Å². The zero-order valence-corrected chi connectivity index (χ0v) is 14.5. The number of para-hydroxylation sites is 1. The van der Waals surface area contributed by atoms with E-state index in [4.69, 9.17) is 16.0 Å². The maximum Gasteiger partial charge on any atom is 0.339 e. The van der Waals surface area contributed by atoms with Gasteiger partial charge in [-0.15, -0.1) is 0 Å². The van der Waals surface area contributed by atoms with Crippen molar-refractivity contribution in [3.05, 3.63) is 81.6 Å². The predicted octanol–water partition coefficient (Wildman–Crippen LogP) is 4.66. The van der Waals surface area contributed by atoms with Gasteiger partial charge in [0.15, 0.2) is 0 Å². The molecular formula is C18H13ClN4O4. The topological polar surface area (TPSA) is 110 Å². The van der Waals surface area contributed by atoms with Gasteiger partial charge < -0.3 is 9.73 Å². The average molecular weight is 385 g/mol. The van der Waals surface area contributed by atoms with Gasteiger partial charge in [-0.3, -0.25) is 10.1 Å². The van der Waals surface area contributed by atoms with Crippen molar-refractivity contribution < 1.29 is 14.1 Å². The quantitative estimate of drug-likeness (QED) is 0.378. The smallest absolute Gasteiger partial charge is 0.339 e. The van der Waals surface area contributed by atoms with E-state index in [1.54, 1.807) is 36.4 Å². The first-order chi connectivity index (χ1) is 13.0. The number of hydrogen-bond acceptors (Lipinski definition) is 5. The molecule has 0 bridgehead atoms. The summed E-state index contributed by atoms with van der Waals surface area (Å²) in [6.07, 6.45) is 1.30. The lowest BCUT2D eigenvalue weighted by Gasteiger charge is -2.02. The van der Waals surface area contributed by atoms with E-state index in [0.717, 1.165) is 0 Å². The standard InChI is InChI=1S/C18H13ClN4O4/c19-16-8-6-13(23(25)26)10-15(16)17-9-7-14(27-17)11-20-22-18(24)21-12-4-2-1-3-5-12/h1-11H,(H2,21,22,24). The van der Waals surface area contributed by atoms with Crippen molar-refractivity contribution >= 4 is 35.2 Å². The Labute approximate surface area is 158 Å². The molecule has 3 rings (SSSR count). The third kappa shape index (κ3) is 4.71. The summed E-state index contributed by atoms with van der Waals surface area (Å²) in [4.78, 5) is 22.1. The van der Waals surface area contributed by atoms with E-state index in [9.17, 15) is 14.9 Å². The molecule has 2 aromatic carbocycles. The first kappa shape index (κ1) is 18.2. The normalized spacial score (nSPS) is 10.7. The van der Waals surface area contributed by atoms with Crippen LogP contribution in [-0.4, -0.2) is 17.2 Å². The Morgan fingerprint density at radius 1 is 1.15 bits per heavy atom. The van der Waals surface area contributed by atoms with Crippen molar-refractivity contribution in [3.8, 4) is 11.3 Å². The molecule has 0 spiro atoms. The lowest BCUT2D eigenvalue weighted by molar-refractivity contribution is -0.384. The van der Waals surface area contributed by atoms with Crippen molar-refractivity contribution in [1.29, 1.82) is 0 Å². The highest BCUT2D eigenvalue weighted by atomic mass is 35.5. The lowest BCUT2D eigenvalue weighted by Crippen LogP contribution is -2.24. The Bertz CT molecular complexity index is 1000. The number of nitro benzene ring substituents is 1. The average Bonchev–Trinajstić information content (AvgIpc) is 3.11. The van der Waals surface area contributed by atoms with E-state index < -0.39 is 11.0 Å². The highest BCUT2D eigenvalue weighted by Gasteiger charge is 2.14. The first-order valence-electron chi connectivity index (χ1n) is 7.72. The molecule has 0 aliphatic carbocycles. The number of rotatable bonds is 5. The maximum absolute atomic E-state index is 11.7. The molecule has 0 aliphatic rings. The molecule has 8 nitrogen and oxygen atoms in total. The second kappa shape index (κ2) is 8.15. The molecule has 2 amide bonds. The van der Waals surface area contributed by atoms with Crippen molar-refractivity contribution in [2.45, 2.75) is 0 Å². The molecule has 0 saturated carbocycles. The fraction of sp³-hybridized carbons (Fsp3) is 0. The number of halogens is 1. The molecule has 9 heteroatoms. The molecule has 27 heavy (non-hydrogen) atoms. The molecule has 0 aliphatic heterocycles. The van der Waals surface area contributed by atoms with E-state index in [1.807, 2.05) is 6.07 Å². The molecule has 136 valence electrons. The van der Waals surface area contributed by atoms with Crippen LogP contribution >= 0.6 is 11.6 Å². The van der Waals surface area contributed by atoms with Gasteiger partial charge in [-0.1, -0.05) is 29.8 Å². The summed E-state index contributed by atoms with van der Waals surface area (Å²) in [7, 11) is 0. The molecule has 0 saturated heterocycles. The van der Waals surface area contributed by atoms with Crippen LogP contribution in [0.1, 0.15) is 5.76 Å². The largest absolute Gasteiger partial charge is 0.455 e. The van der Waals surface area contributed by atoms with Crippen LogP contribution in [0.3, 0.4) is 0 Å². The van der Waals surface area contributed by atoms with Crippen molar-refractivity contribution in [3.63, 3.8) is 0 Å². The van der Waals surface area contributed by atoms with Gasteiger partial charge in [0.1, 0.15) is 11.5 Å². The number of non-ortho nitro benzene ring substituents is 1. The summed E-state index contributed by atoms with van der Waals surface area (Å²) < 4.78 is 5.56. The Morgan fingerprint density at radius 3 is 2.67 bits per heavy atom. The zero-order chi connectivity index (χ0) is 19.2. The highest BCUT2D eigenvalue weighted by Crippen LogP contribution is 2.32. The van der Waals surface area contributed by atoms with Crippen LogP contribution in [-0.2, 0) is 0 Å². The van der Waals surface area contributed by atoms with Crippen LogP contribution in [0, 0.1) is 10.1 Å². The number of benzene rings is 2. The maximum atomic E-state index is 11.7. The van der Waals surface area contributed by atoms with Crippen LogP contribution in [0.4, 0.5) is 16.2 Å². The van der Waals surface area contributed by atoms with Crippen molar-refractivity contribution in [2.24, 2.45) is 5.10 Å². The number of hydrazone groups is 1. The first-order valence-corrected chi connectivity index (χ1v) is 8.10. The molecule has 0 radical (unpaired) electrons. The molecule has 0 unspecified atom stereocenters. The zero-order valence-electron chi connectivity index (χ0n) is 13.8. The molecular weight excluding hydrogens is 372 g/mol. The molecule has 2 N–H and O–H groups in total. The van der Waals surface area contributed by atoms with Crippen molar-refractivity contribution in [1.82, 2.24) is 5.43 Å². The number of nitrogens with one attached hydrogen (secondary N) is 2. The third-order valence-electron chi connectivity index (χ3n) is 3.44. The fourth-order valence-electron chi connectivity index (χ4n) is 2.22. The predicted molar refractivity (Wildman–Crippen MR) is 102 cm³/mol. The molecule has 1 heterocycles. The Hall–Kier alpha value is -3.65. The van der Waals surface area contributed by atoms with E-state index in [1.165, 1.54) is 24.4 Å². The number of hydrogen-bond donors (Lipinski definition) is 2. The van der Waals surface area contributed by atoms with Crippen LogP contribution in [0.5, 0.6) is 0 Å². The molecule has 1 aromatic heterocycles. The molecule has 0 fully saturated rings. The van der Waals surface area contributed by atoms with Gasteiger partial charge in [0, 0.05) is 23.4 Å². The second-order valence-corrected chi connectivity index (χ2v) is 5.72. The van der Waals surface area contributed by atoms with E-state index in [0.29, 0.717) is 27.8 Å². The minimum Gasteiger partial charge on any atom is -0.455 e. The van der Waals surface area contributed by atoms with Gasteiger partial charge in [0.05, 0.1) is 16.2 Å². The van der Waals surface area contributed by atoms with Crippen molar-refractivity contribution in [2.75, 3.05) is 5.32 Å². The minimum absolute atomic E-state index is 0.0970. The number of amides is 2. The van der Waals surface area contributed by atoms with Gasteiger partial charge >= 0.3 is 6.03 Å². The highest BCUT2D eigenvalue weighted by molar-refractivity contribution is 6.33.